The molecule has 1 aliphatic heterocycles. The van der Waals surface area contributed by atoms with Crippen molar-refractivity contribution in [3.63, 3.8) is 0 Å². The van der Waals surface area contributed by atoms with Crippen LogP contribution < -0.4 is 0 Å². The van der Waals surface area contributed by atoms with E-state index in [0.29, 0.717) is 0 Å². The predicted molar refractivity (Wildman–Crippen MR) is 232 cm³/mol. The molecule has 2 unspecified atom stereocenters. The van der Waals surface area contributed by atoms with Crippen molar-refractivity contribution in [2.24, 2.45) is 4.99 Å². The van der Waals surface area contributed by atoms with Crippen molar-refractivity contribution in [1.82, 2.24) is 4.57 Å². The molecule has 8 aromatic carbocycles. The summed E-state index contributed by atoms with van der Waals surface area (Å²) in [4.78, 5) is 5.14. The number of fused-ring (bicyclic) bond motifs is 6. The highest BCUT2D eigenvalue weighted by Gasteiger charge is 2.20. The van der Waals surface area contributed by atoms with Crippen LogP contribution >= 0.6 is 0 Å². The molecule has 0 saturated heterocycles. The van der Waals surface area contributed by atoms with Gasteiger partial charge in [-0.15, -0.1) is 6.04 Å². The summed E-state index contributed by atoms with van der Waals surface area (Å²) in [6.45, 7) is 0. The van der Waals surface area contributed by atoms with Crippen molar-refractivity contribution >= 4 is 49.5 Å². The van der Waals surface area contributed by atoms with E-state index < -0.39 is 0 Å². The van der Waals surface area contributed by atoms with Crippen LogP contribution in [0.4, 0.5) is 0 Å². The van der Waals surface area contributed by atoms with E-state index >= 15 is 0 Å². The fourth-order valence-corrected chi connectivity index (χ4v) is 8.50. The van der Waals surface area contributed by atoms with Crippen molar-refractivity contribution in [2.45, 2.75) is 18.6 Å². The fourth-order valence-electron chi connectivity index (χ4n) is 8.50. The van der Waals surface area contributed by atoms with Crippen molar-refractivity contribution in [3.8, 4) is 27.9 Å². The third-order valence-corrected chi connectivity index (χ3v) is 11.3. The van der Waals surface area contributed by atoms with Crippen LogP contribution in [0.2, 0.25) is 0 Å². The maximum absolute atomic E-state index is 6.63. The normalized spacial score (nSPS) is 15.8. The lowest BCUT2D eigenvalue weighted by molar-refractivity contribution is 0.661. The monoisotopic (exact) mass is 718 g/mol. The van der Waals surface area contributed by atoms with Gasteiger partial charge >= 0.3 is 0 Å². The fraction of sp³-hybridized carbons (Fsp3) is 0.0577. The summed E-state index contributed by atoms with van der Waals surface area (Å²) in [5.41, 5.74) is 14.4. The summed E-state index contributed by atoms with van der Waals surface area (Å²) in [5, 5.41) is 9.92. The summed E-state index contributed by atoms with van der Waals surface area (Å²) in [6, 6.07) is 69.0. The molecule has 0 N–H and O–H groups in total. The Bertz CT molecular complexity index is 2980. The first-order valence-corrected chi connectivity index (χ1v) is 19.3. The number of benzene rings is 8. The van der Waals surface area contributed by atoms with E-state index in [1.165, 1.54) is 44.1 Å². The first kappa shape index (κ1) is 32.4. The van der Waals surface area contributed by atoms with Crippen LogP contribution in [-0.4, -0.2) is 10.3 Å². The molecule has 0 bridgehead atoms. The number of aromatic nitrogens is 1. The minimum atomic E-state index is -0.268. The average Bonchev–Trinajstić information content (AvgIpc) is 3.81. The zero-order valence-electron chi connectivity index (χ0n) is 30.6. The third kappa shape index (κ3) is 5.62. The molecule has 4 nitrogen and oxygen atoms in total. The first-order valence-electron chi connectivity index (χ1n) is 19.3. The lowest BCUT2D eigenvalue weighted by Crippen LogP contribution is -2.17. The second-order valence-corrected chi connectivity index (χ2v) is 14.7. The molecule has 266 valence electrons. The van der Waals surface area contributed by atoms with Gasteiger partial charge < -0.3 is 19.3 Å². The predicted octanol–water partition coefficient (Wildman–Crippen LogP) is 14.0. The van der Waals surface area contributed by atoms with E-state index in [2.05, 4.69) is 193 Å². The Balaban J connectivity index is 1.04. The maximum atomic E-state index is 6.63. The van der Waals surface area contributed by atoms with Gasteiger partial charge in [-0.2, -0.15) is 0 Å². The van der Waals surface area contributed by atoms with Gasteiger partial charge in [0, 0.05) is 32.9 Å². The number of furan rings is 1. The van der Waals surface area contributed by atoms with Crippen LogP contribution in [0.25, 0.3) is 77.0 Å². The van der Waals surface area contributed by atoms with Gasteiger partial charge in [0.05, 0.1) is 11.0 Å². The van der Waals surface area contributed by atoms with Gasteiger partial charge in [-0.25, -0.2) is 0 Å². The lowest BCUT2D eigenvalue weighted by Gasteiger charge is -2.43. The van der Waals surface area contributed by atoms with E-state index in [1.54, 1.807) is 0 Å². The second kappa shape index (κ2) is 13.4. The molecule has 3 heterocycles. The zero-order valence-corrected chi connectivity index (χ0v) is 30.6. The molecule has 4 heteroatoms. The van der Waals surface area contributed by atoms with E-state index in [1.807, 2.05) is 6.07 Å². The smallest absolute Gasteiger partial charge is 0.135 e. The Morgan fingerprint density at radius 2 is 1.02 bits per heavy atom. The second-order valence-electron chi connectivity index (χ2n) is 14.7. The molecule has 0 amide bonds. The van der Waals surface area contributed by atoms with Gasteiger partial charge in [0.15, 0.2) is 0 Å². The van der Waals surface area contributed by atoms with Crippen molar-refractivity contribution < 1.29 is 4.42 Å². The summed E-state index contributed by atoms with van der Waals surface area (Å²) >= 11 is 0. The van der Waals surface area contributed by atoms with E-state index in [4.69, 9.17) is 14.7 Å². The summed E-state index contributed by atoms with van der Waals surface area (Å²) < 4.78 is 9.05. The Kier molecular flexibility index (Phi) is 7.75. The molecule has 10 aromatic rings. The molecule has 0 spiro atoms. The molecular formula is C52H36N3O-. The highest BCUT2D eigenvalue weighted by atomic mass is 16.3. The molecular weight excluding hydrogens is 683 g/mol. The molecule has 0 radical (unpaired) electrons. The van der Waals surface area contributed by atoms with Crippen molar-refractivity contribution in [2.75, 3.05) is 0 Å². The third-order valence-electron chi connectivity index (χ3n) is 11.3. The molecule has 0 saturated carbocycles. The van der Waals surface area contributed by atoms with Crippen LogP contribution in [0, 0.1) is 0 Å². The van der Waals surface area contributed by atoms with Crippen LogP contribution in [0.1, 0.15) is 35.3 Å². The largest absolute Gasteiger partial charge is 0.630 e. The maximum Gasteiger partial charge on any atom is 0.135 e. The molecule has 0 fully saturated rings. The molecule has 11 rings (SSSR count). The van der Waals surface area contributed by atoms with Crippen molar-refractivity contribution in [3.05, 3.63) is 216 Å². The van der Waals surface area contributed by atoms with Crippen LogP contribution in [-0.2, 0) is 0 Å². The number of aliphatic imine (C=N–C) groups is 1. The Hall–Kier alpha value is -7.01. The van der Waals surface area contributed by atoms with Gasteiger partial charge in [-0.3, -0.25) is 0 Å². The van der Waals surface area contributed by atoms with Gasteiger partial charge in [0.2, 0.25) is 0 Å². The summed E-state index contributed by atoms with van der Waals surface area (Å²) in [7, 11) is 0. The minimum Gasteiger partial charge on any atom is -0.630 e. The van der Waals surface area contributed by atoms with Crippen molar-refractivity contribution in [1.29, 1.82) is 0 Å². The van der Waals surface area contributed by atoms with Crippen LogP contribution in [0.15, 0.2) is 204 Å². The molecule has 2 aromatic heterocycles. The van der Waals surface area contributed by atoms with Crippen LogP contribution in [0.3, 0.4) is 0 Å². The highest BCUT2D eigenvalue weighted by molar-refractivity contribution is 6.12. The zero-order chi connectivity index (χ0) is 37.0. The van der Waals surface area contributed by atoms with Gasteiger partial charge in [-0.05, 0) is 82.4 Å². The topological polar surface area (TPSA) is 44.5 Å². The minimum absolute atomic E-state index is 0.0590. The van der Waals surface area contributed by atoms with E-state index in [-0.39, 0.29) is 12.2 Å². The van der Waals surface area contributed by atoms with Gasteiger partial charge in [-0.1, -0.05) is 163 Å². The Morgan fingerprint density at radius 1 is 0.446 bits per heavy atom. The quantitative estimate of drug-likeness (QED) is 0.169. The summed E-state index contributed by atoms with van der Waals surface area (Å²) in [5.74, 6) is 0. The Morgan fingerprint density at radius 3 is 1.64 bits per heavy atom. The average molecular weight is 719 g/mol. The molecule has 56 heavy (non-hydrogen) atoms. The highest BCUT2D eigenvalue weighted by Crippen LogP contribution is 2.43. The molecule has 0 aliphatic carbocycles. The molecule has 2 atom stereocenters. The standard InChI is InChI=1S/C52H36N3O/c1-5-13-34(14-6-1)38-21-25-42-43-26-22-39(35-15-7-2-8-16-35)30-49(43)55(48(42)29-38)41-24-28-50-45(32-41)44-27-23-40(31-51(44)56-50)47-33-46(36-17-9-3-10-18-36)53-52(54-47)37-19-11-4-12-20-37/h1-32,47,52H,33H2/q-1. The van der Waals surface area contributed by atoms with Gasteiger partial charge in [0.1, 0.15) is 11.2 Å². The van der Waals surface area contributed by atoms with E-state index in [9.17, 15) is 0 Å². The van der Waals surface area contributed by atoms with Crippen LogP contribution in [0.5, 0.6) is 0 Å². The number of hydrogen-bond donors (Lipinski definition) is 0. The Labute approximate surface area is 325 Å². The SMILES string of the molecule is c1ccc(C2=NC(c3ccccc3)[N-]C(c3ccc4c(c3)oc3ccc(-n5c6cc(-c7ccccc7)ccc6c6ccc(-c7ccccc7)cc65)cc34)C2)cc1. The summed E-state index contributed by atoms with van der Waals surface area (Å²) in [6.07, 6.45) is 0.461. The number of rotatable bonds is 6. The number of hydrogen-bond acceptors (Lipinski definition) is 2. The number of nitrogens with zero attached hydrogens (tertiary/aromatic N) is 3. The first-order chi connectivity index (χ1) is 27.7. The molecule has 1 aliphatic rings. The lowest BCUT2D eigenvalue weighted by atomic mass is 9.93. The van der Waals surface area contributed by atoms with E-state index in [0.717, 1.165) is 56.4 Å². The van der Waals surface area contributed by atoms with Gasteiger partial charge in [0.25, 0.3) is 0 Å².